The molecule has 0 radical (unpaired) electrons. The van der Waals surface area contributed by atoms with Crippen molar-refractivity contribution in [3.8, 4) is 5.75 Å². The van der Waals surface area contributed by atoms with Crippen LogP contribution in [0.3, 0.4) is 0 Å². The fourth-order valence-corrected chi connectivity index (χ4v) is 3.27. The molecule has 0 spiro atoms. The van der Waals surface area contributed by atoms with Gasteiger partial charge in [0.25, 0.3) is 0 Å². The van der Waals surface area contributed by atoms with E-state index in [1.165, 1.54) is 0 Å². The van der Waals surface area contributed by atoms with E-state index in [0.29, 0.717) is 19.2 Å². The largest absolute Gasteiger partial charge is 0.490 e. The first-order chi connectivity index (χ1) is 10.0. The summed E-state index contributed by atoms with van der Waals surface area (Å²) < 4.78 is 12.9. The average Bonchev–Trinajstić information content (AvgIpc) is 2.45. The Morgan fingerprint density at radius 2 is 2.24 bits per heavy atom. The molecule has 118 valence electrons. The summed E-state index contributed by atoms with van der Waals surface area (Å²) in [5.74, 6) is 0.894. The standard InChI is InChI=1S/C16H25BrN2O2/c1-11(2)19-4-5-20-15(9-19)10-21-16-12(3)6-14(17)7-13(16)8-18/h6-7,11,15H,4-5,8-10,18H2,1-3H3. The number of morpholine rings is 1. The van der Waals surface area contributed by atoms with Crippen molar-refractivity contribution in [2.24, 2.45) is 5.73 Å². The van der Waals surface area contributed by atoms with Crippen LogP contribution in [0.2, 0.25) is 0 Å². The molecule has 0 saturated carbocycles. The van der Waals surface area contributed by atoms with Crippen LogP contribution in [0.1, 0.15) is 25.0 Å². The maximum atomic E-state index is 6.03. The molecular formula is C16H25BrN2O2. The number of rotatable bonds is 5. The summed E-state index contributed by atoms with van der Waals surface area (Å²) in [6.45, 7) is 10.2. The molecule has 1 atom stereocenters. The zero-order valence-corrected chi connectivity index (χ0v) is 14.6. The number of hydrogen-bond donors (Lipinski definition) is 1. The van der Waals surface area contributed by atoms with Crippen LogP contribution in [0.15, 0.2) is 16.6 Å². The van der Waals surface area contributed by atoms with Gasteiger partial charge in [0.05, 0.1) is 6.61 Å². The van der Waals surface area contributed by atoms with Crippen molar-refractivity contribution >= 4 is 15.9 Å². The first-order valence-corrected chi connectivity index (χ1v) is 8.28. The Bertz CT molecular complexity index is 480. The van der Waals surface area contributed by atoms with E-state index in [4.69, 9.17) is 15.2 Å². The van der Waals surface area contributed by atoms with Gasteiger partial charge in [0.15, 0.2) is 0 Å². The number of ether oxygens (including phenoxy) is 2. The molecule has 0 amide bonds. The Morgan fingerprint density at radius 1 is 1.48 bits per heavy atom. The van der Waals surface area contributed by atoms with E-state index >= 15 is 0 Å². The van der Waals surface area contributed by atoms with Crippen molar-refractivity contribution in [3.63, 3.8) is 0 Å². The summed E-state index contributed by atoms with van der Waals surface area (Å²) >= 11 is 3.50. The normalized spacial score (nSPS) is 20.0. The number of aryl methyl sites for hydroxylation is 1. The summed E-state index contributed by atoms with van der Waals surface area (Å²) in [5, 5.41) is 0. The lowest BCUT2D eigenvalue weighted by molar-refractivity contribution is -0.0566. The van der Waals surface area contributed by atoms with Crippen molar-refractivity contribution in [2.75, 3.05) is 26.3 Å². The Hall–Kier alpha value is -0.620. The maximum absolute atomic E-state index is 6.03. The predicted molar refractivity (Wildman–Crippen MR) is 88.7 cm³/mol. The molecule has 1 heterocycles. The van der Waals surface area contributed by atoms with Gasteiger partial charge in [0.2, 0.25) is 0 Å². The lowest BCUT2D eigenvalue weighted by Gasteiger charge is -2.35. The lowest BCUT2D eigenvalue weighted by atomic mass is 10.1. The van der Waals surface area contributed by atoms with Crippen LogP contribution in [-0.2, 0) is 11.3 Å². The summed E-state index contributed by atoms with van der Waals surface area (Å²) in [7, 11) is 0. The smallest absolute Gasteiger partial charge is 0.126 e. The van der Waals surface area contributed by atoms with Crippen LogP contribution in [-0.4, -0.2) is 43.3 Å². The molecule has 1 fully saturated rings. The Labute approximate surface area is 135 Å². The zero-order chi connectivity index (χ0) is 15.4. The molecule has 2 rings (SSSR count). The monoisotopic (exact) mass is 356 g/mol. The van der Waals surface area contributed by atoms with Crippen LogP contribution in [0.4, 0.5) is 0 Å². The number of halogens is 1. The average molecular weight is 357 g/mol. The molecule has 21 heavy (non-hydrogen) atoms. The molecule has 1 aromatic carbocycles. The zero-order valence-electron chi connectivity index (χ0n) is 13.1. The van der Waals surface area contributed by atoms with Crippen LogP contribution >= 0.6 is 15.9 Å². The van der Waals surface area contributed by atoms with Crippen LogP contribution in [0.5, 0.6) is 5.75 Å². The third-order valence-electron chi connectivity index (χ3n) is 3.85. The SMILES string of the molecule is Cc1cc(Br)cc(CN)c1OCC1CN(C(C)C)CCO1. The van der Waals surface area contributed by atoms with Crippen molar-refractivity contribution in [1.29, 1.82) is 0 Å². The summed E-state index contributed by atoms with van der Waals surface area (Å²) in [6.07, 6.45) is 0.120. The predicted octanol–water partition coefficient (Wildman–Crippen LogP) is 2.70. The molecule has 0 bridgehead atoms. The van der Waals surface area contributed by atoms with Crippen LogP contribution in [0, 0.1) is 6.92 Å². The van der Waals surface area contributed by atoms with E-state index in [0.717, 1.165) is 41.0 Å². The Kier molecular flexibility index (Phi) is 6.05. The molecule has 1 unspecified atom stereocenters. The van der Waals surface area contributed by atoms with Gasteiger partial charge in [-0.05, 0) is 38.5 Å². The van der Waals surface area contributed by atoms with E-state index in [9.17, 15) is 0 Å². The lowest BCUT2D eigenvalue weighted by Crippen LogP contribution is -2.47. The second-order valence-electron chi connectivity index (χ2n) is 5.81. The van der Waals surface area contributed by atoms with Crippen molar-refractivity contribution < 1.29 is 9.47 Å². The number of nitrogens with zero attached hydrogens (tertiary/aromatic N) is 1. The minimum Gasteiger partial charge on any atom is -0.490 e. The first kappa shape index (κ1) is 16.7. The molecule has 1 aliphatic rings. The molecule has 1 saturated heterocycles. The second kappa shape index (κ2) is 7.58. The summed E-state index contributed by atoms with van der Waals surface area (Å²) in [6, 6.07) is 4.62. The number of benzene rings is 1. The summed E-state index contributed by atoms with van der Waals surface area (Å²) in [5.41, 5.74) is 7.94. The maximum Gasteiger partial charge on any atom is 0.126 e. The fraction of sp³-hybridized carbons (Fsp3) is 0.625. The highest BCUT2D eigenvalue weighted by molar-refractivity contribution is 9.10. The highest BCUT2D eigenvalue weighted by Crippen LogP contribution is 2.28. The Morgan fingerprint density at radius 3 is 2.90 bits per heavy atom. The van der Waals surface area contributed by atoms with Crippen molar-refractivity contribution in [3.05, 3.63) is 27.7 Å². The van der Waals surface area contributed by atoms with E-state index in [-0.39, 0.29) is 6.10 Å². The summed E-state index contributed by atoms with van der Waals surface area (Å²) in [4.78, 5) is 2.43. The molecule has 0 aromatic heterocycles. The minimum absolute atomic E-state index is 0.120. The van der Waals surface area contributed by atoms with E-state index in [1.807, 2.05) is 13.0 Å². The van der Waals surface area contributed by atoms with Crippen LogP contribution in [0.25, 0.3) is 0 Å². The van der Waals surface area contributed by atoms with Gasteiger partial charge in [0, 0.05) is 35.7 Å². The van der Waals surface area contributed by atoms with Gasteiger partial charge >= 0.3 is 0 Å². The minimum atomic E-state index is 0.120. The molecular weight excluding hydrogens is 332 g/mol. The first-order valence-electron chi connectivity index (χ1n) is 7.48. The van der Waals surface area contributed by atoms with Gasteiger partial charge in [-0.15, -0.1) is 0 Å². The molecule has 1 aliphatic heterocycles. The highest BCUT2D eigenvalue weighted by atomic mass is 79.9. The van der Waals surface area contributed by atoms with E-state index < -0.39 is 0 Å². The van der Waals surface area contributed by atoms with Gasteiger partial charge in [-0.25, -0.2) is 0 Å². The fourth-order valence-electron chi connectivity index (χ4n) is 2.65. The van der Waals surface area contributed by atoms with Crippen molar-refractivity contribution in [2.45, 2.75) is 39.5 Å². The molecule has 4 nitrogen and oxygen atoms in total. The molecule has 0 aliphatic carbocycles. The second-order valence-corrected chi connectivity index (χ2v) is 6.72. The van der Waals surface area contributed by atoms with E-state index in [2.05, 4.69) is 40.7 Å². The van der Waals surface area contributed by atoms with Gasteiger partial charge in [-0.2, -0.15) is 0 Å². The molecule has 5 heteroatoms. The van der Waals surface area contributed by atoms with Gasteiger partial charge in [0.1, 0.15) is 18.5 Å². The molecule has 1 aromatic rings. The third-order valence-corrected chi connectivity index (χ3v) is 4.31. The molecule has 2 N–H and O–H groups in total. The quantitative estimate of drug-likeness (QED) is 0.880. The highest BCUT2D eigenvalue weighted by Gasteiger charge is 2.23. The van der Waals surface area contributed by atoms with Gasteiger partial charge < -0.3 is 15.2 Å². The topological polar surface area (TPSA) is 47.7 Å². The number of hydrogen-bond acceptors (Lipinski definition) is 4. The van der Waals surface area contributed by atoms with Crippen molar-refractivity contribution in [1.82, 2.24) is 4.90 Å². The number of nitrogens with two attached hydrogens (primary N) is 1. The van der Waals surface area contributed by atoms with Gasteiger partial charge in [-0.3, -0.25) is 4.90 Å². The van der Waals surface area contributed by atoms with Gasteiger partial charge in [-0.1, -0.05) is 15.9 Å². The van der Waals surface area contributed by atoms with Crippen LogP contribution < -0.4 is 10.5 Å². The Balaban J connectivity index is 2.00. The van der Waals surface area contributed by atoms with E-state index in [1.54, 1.807) is 0 Å². The third kappa shape index (κ3) is 4.42.